The molecule has 5 heterocycles. The molecule has 0 radical (unpaired) electrons. The van der Waals surface area contributed by atoms with Gasteiger partial charge in [-0.2, -0.15) is 4.31 Å². The average molecular weight is 818 g/mol. The van der Waals surface area contributed by atoms with E-state index >= 15 is 0 Å². The third-order valence-corrected chi connectivity index (χ3v) is 11.7. The maximum atomic E-state index is 12.6. The summed E-state index contributed by atoms with van der Waals surface area (Å²) >= 11 is 5.50. The number of aromatic nitrogens is 8. The normalized spacial score (nSPS) is 23.1. The summed E-state index contributed by atoms with van der Waals surface area (Å²) in [6.07, 6.45) is -10.00. The summed E-state index contributed by atoms with van der Waals surface area (Å²) in [5.74, 6) is 0.0274. The molecular formula is C27H33N9O15P2S. The average Bonchev–Trinajstić information content (AvgIpc) is 3.65. The summed E-state index contributed by atoms with van der Waals surface area (Å²) in [4.78, 5) is 65.6. The van der Waals surface area contributed by atoms with E-state index in [-0.39, 0.29) is 44.0 Å². The number of nitrogens with one attached hydrogen (secondary N) is 2. The summed E-state index contributed by atoms with van der Waals surface area (Å²) in [6, 6.07) is 1.62. The molecule has 1 aliphatic carbocycles. The van der Waals surface area contributed by atoms with E-state index in [2.05, 4.69) is 33.8 Å². The molecule has 24 nitrogen and oxygen atoms in total. The standard InChI is InChI=1S/C27H33N9O15P2S/c1-9-3-11-15(21(54)10(9)2)32-17-24(33-27(43)34-25(17)42)35(11)4-12(37)18(39)13(38)5-48-52(44,45)51-53(46,47)49-6-14-19(40)20(41)26(50-14)36-8-31-16-22(28)29-7-30-23(16)36/h3,7-8,12-14,18-20,26,37-41H,4-6H2,1-2H3,(H,44,45)(H,46,47)(H2,28,29,30)(H2,33,34,42,43)/t12-,13+,14+,18-,19+,20+,26+/m0/s1. The number of nitrogens with zero attached hydrogens (tertiary/aromatic N) is 6. The van der Waals surface area contributed by atoms with Crippen LogP contribution in [0.25, 0.3) is 33.7 Å². The van der Waals surface area contributed by atoms with Crippen molar-refractivity contribution in [2.75, 3.05) is 18.9 Å². The molecule has 0 bridgehead atoms. The van der Waals surface area contributed by atoms with Gasteiger partial charge < -0.3 is 50.4 Å². The molecule has 3 aromatic rings. The Morgan fingerprint density at radius 3 is 2.44 bits per heavy atom. The highest BCUT2D eigenvalue weighted by molar-refractivity contribution is 7.71. The molecule has 11 N–H and O–H groups in total. The molecule has 3 aliphatic rings. The smallest absolute Gasteiger partial charge is 0.388 e. The minimum atomic E-state index is -5.55. The monoisotopic (exact) mass is 817 g/mol. The SMILES string of the molecule is Cc1cc2n(C[C@H](O)[C@H](O)[C@H](O)COP(=O)(O)OP(=O)(O)OC[C@H]3O[C@@H](n4cnc5c(N)ncnc54)[C@H](O)[C@@H]3O)c3[nH]c(=O)[nH]c(=O)c3nc-2c(=S)c1C. The molecule has 0 aromatic carbocycles. The Balaban J connectivity index is 1.08. The van der Waals surface area contributed by atoms with Gasteiger partial charge in [-0.05, 0) is 31.0 Å². The van der Waals surface area contributed by atoms with Crippen LogP contribution in [0.1, 0.15) is 17.4 Å². The molecule has 0 saturated carbocycles. The minimum absolute atomic E-state index is 0.0274. The number of nitrogens with two attached hydrogens (primary N) is 1. The predicted molar refractivity (Wildman–Crippen MR) is 184 cm³/mol. The van der Waals surface area contributed by atoms with Crippen LogP contribution in [-0.2, 0) is 33.8 Å². The van der Waals surface area contributed by atoms with Crippen LogP contribution in [0.5, 0.6) is 0 Å². The molecule has 54 heavy (non-hydrogen) atoms. The number of ether oxygens (including phenoxy) is 1. The minimum Gasteiger partial charge on any atom is -0.388 e. The number of hydrogen-bond acceptors (Lipinski definition) is 19. The van der Waals surface area contributed by atoms with Gasteiger partial charge in [0.25, 0.3) is 5.56 Å². The van der Waals surface area contributed by atoms with E-state index in [0.29, 0.717) is 11.1 Å². The summed E-state index contributed by atoms with van der Waals surface area (Å²) in [5.41, 5.74) is 5.66. The predicted octanol–water partition coefficient (Wildman–Crippen LogP) is -1.76. The molecule has 2 aliphatic heterocycles. The van der Waals surface area contributed by atoms with Crippen molar-refractivity contribution in [3.63, 3.8) is 0 Å². The molecule has 292 valence electrons. The highest BCUT2D eigenvalue weighted by atomic mass is 32.1. The first kappa shape index (κ1) is 39.8. The molecule has 9 atom stereocenters. The number of H-pyrrole nitrogens is 2. The zero-order valence-electron chi connectivity index (χ0n) is 27.9. The van der Waals surface area contributed by atoms with Gasteiger partial charge in [-0.1, -0.05) is 12.2 Å². The van der Waals surface area contributed by atoms with Gasteiger partial charge in [0.05, 0.1) is 36.3 Å². The molecule has 3 aromatic heterocycles. The number of hydrogen-bond donors (Lipinski definition) is 10. The van der Waals surface area contributed by atoms with E-state index in [4.69, 9.17) is 27.2 Å². The number of rotatable bonds is 13. The van der Waals surface area contributed by atoms with Crippen molar-refractivity contribution >= 4 is 56.0 Å². The molecule has 1 saturated heterocycles. The Morgan fingerprint density at radius 2 is 1.72 bits per heavy atom. The third-order valence-electron chi connectivity index (χ3n) is 8.60. The van der Waals surface area contributed by atoms with Gasteiger partial charge in [0.1, 0.15) is 59.8 Å². The molecule has 6 rings (SSSR count). The number of nitrogen functional groups attached to an aromatic ring is 1. The first-order valence-corrected chi connectivity index (χ1v) is 19.0. The van der Waals surface area contributed by atoms with Crippen LogP contribution < -0.4 is 17.0 Å². The summed E-state index contributed by atoms with van der Waals surface area (Å²) in [7, 11) is -11.0. The van der Waals surface area contributed by atoms with E-state index in [1.165, 1.54) is 15.5 Å². The molecule has 0 spiro atoms. The molecule has 2 unspecified atom stereocenters. The lowest BCUT2D eigenvalue weighted by Crippen LogP contribution is -2.42. The second kappa shape index (κ2) is 15.0. The highest BCUT2D eigenvalue weighted by Gasteiger charge is 2.46. The fourth-order valence-corrected chi connectivity index (χ4v) is 8.08. The number of aliphatic hydroxyl groups is 5. The highest BCUT2D eigenvalue weighted by Crippen LogP contribution is 2.60. The van der Waals surface area contributed by atoms with E-state index in [1.807, 2.05) is 4.98 Å². The number of fused-ring (bicyclic) bond motifs is 3. The fourth-order valence-electron chi connectivity index (χ4n) is 5.68. The number of aryl methyl sites for hydroxylation is 1. The first-order chi connectivity index (χ1) is 25.3. The van der Waals surface area contributed by atoms with Crippen LogP contribution in [0.3, 0.4) is 0 Å². The number of anilines is 1. The Labute approximate surface area is 306 Å². The number of aliphatic hydroxyl groups excluding tert-OH is 5. The topological polar surface area (TPSA) is 366 Å². The van der Waals surface area contributed by atoms with Crippen LogP contribution in [0.4, 0.5) is 5.82 Å². The zero-order chi connectivity index (χ0) is 39.4. The lowest BCUT2D eigenvalue weighted by molar-refractivity contribution is -0.0794. The Morgan fingerprint density at radius 1 is 1.02 bits per heavy atom. The number of phosphoric ester groups is 2. The first-order valence-electron chi connectivity index (χ1n) is 15.6. The van der Waals surface area contributed by atoms with Crippen molar-refractivity contribution in [3.05, 3.63) is 55.2 Å². The number of imidazole rings is 1. The summed E-state index contributed by atoms with van der Waals surface area (Å²) < 4.78 is 46.9. The maximum Gasteiger partial charge on any atom is 0.481 e. The fraction of sp³-hybridized carbons (Fsp3) is 0.444. The van der Waals surface area contributed by atoms with Crippen LogP contribution in [0.15, 0.2) is 28.3 Å². The van der Waals surface area contributed by atoms with Crippen molar-refractivity contribution < 1.29 is 62.5 Å². The Hall–Kier alpha value is -3.91. The zero-order valence-corrected chi connectivity index (χ0v) is 30.5. The van der Waals surface area contributed by atoms with Gasteiger partial charge in [0.15, 0.2) is 23.2 Å². The van der Waals surface area contributed by atoms with Crippen LogP contribution in [0.2, 0.25) is 0 Å². The maximum absolute atomic E-state index is 12.6. The van der Waals surface area contributed by atoms with E-state index in [1.54, 1.807) is 19.9 Å². The van der Waals surface area contributed by atoms with Gasteiger partial charge in [-0.3, -0.25) is 28.4 Å². The Bertz CT molecular complexity index is 2480. The molecular weight excluding hydrogens is 784 g/mol. The molecule has 1 fully saturated rings. The van der Waals surface area contributed by atoms with Crippen molar-refractivity contribution in [2.45, 2.75) is 63.2 Å². The summed E-state index contributed by atoms with van der Waals surface area (Å²) in [6.45, 7) is 0.671. The van der Waals surface area contributed by atoms with Gasteiger partial charge in [0, 0.05) is 0 Å². The van der Waals surface area contributed by atoms with Crippen molar-refractivity contribution in [2.24, 2.45) is 0 Å². The number of benzene rings is 1. The van der Waals surface area contributed by atoms with Gasteiger partial charge in [-0.25, -0.2) is 33.9 Å². The Kier molecular flexibility index (Phi) is 11.0. The van der Waals surface area contributed by atoms with E-state index in [0.717, 1.165) is 6.33 Å². The molecule has 0 amide bonds. The van der Waals surface area contributed by atoms with Crippen LogP contribution >= 0.6 is 27.9 Å². The lowest BCUT2D eigenvalue weighted by Gasteiger charge is -2.26. The lowest BCUT2D eigenvalue weighted by atomic mass is 10.0. The number of phosphoric acid groups is 2. The van der Waals surface area contributed by atoms with Gasteiger partial charge in [0.2, 0.25) is 0 Å². The van der Waals surface area contributed by atoms with Gasteiger partial charge in [-0.15, -0.1) is 0 Å². The third kappa shape index (κ3) is 7.78. The van der Waals surface area contributed by atoms with Gasteiger partial charge >= 0.3 is 21.3 Å². The van der Waals surface area contributed by atoms with Crippen LogP contribution in [0, 0.1) is 18.4 Å². The van der Waals surface area contributed by atoms with Crippen LogP contribution in [-0.4, -0.2) is 124 Å². The van der Waals surface area contributed by atoms with Crippen molar-refractivity contribution in [1.29, 1.82) is 0 Å². The summed E-state index contributed by atoms with van der Waals surface area (Å²) in [5, 5.41) is 53.2. The van der Waals surface area contributed by atoms with E-state index < -0.39 is 89.5 Å². The molecule has 27 heteroatoms. The number of aromatic amines is 2. The van der Waals surface area contributed by atoms with Crippen molar-refractivity contribution in [3.8, 4) is 11.4 Å². The van der Waals surface area contributed by atoms with E-state index in [9.17, 15) is 54.0 Å². The second-order valence-corrected chi connectivity index (χ2v) is 15.7. The quantitative estimate of drug-likeness (QED) is 0.0357. The largest absolute Gasteiger partial charge is 0.481 e. The van der Waals surface area contributed by atoms with Crippen molar-refractivity contribution in [1.82, 2.24) is 39.0 Å². The second-order valence-electron chi connectivity index (χ2n) is 12.2.